The molecule has 0 aliphatic carbocycles. The van der Waals surface area contributed by atoms with Crippen molar-refractivity contribution >= 4 is 5.91 Å². The topological polar surface area (TPSA) is 73.4 Å². The molecule has 0 spiro atoms. The largest absolute Gasteiger partial charge is 0.378 e. The van der Waals surface area contributed by atoms with Crippen molar-refractivity contribution in [2.24, 2.45) is 5.92 Å². The lowest BCUT2D eigenvalue weighted by molar-refractivity contribution is -0.129. The molecule has 1 fully saturated rings. The average Bonchev–Trinajstić information content (AvgIpc) is 2.82. The number of aliphatic hydroxyl groups is 1. The summed E-state index contributed by atoms with van der Waals surface area (Å²) in [5.41, 5.74) is 7.09. The first-order chi connectivity index (χ1) is 10.1. The molecule has 5 heteroatoms. The lowest BCUT2D eigenvalue weighted by Crippen LogP contribution is -2.31. The van der Waals surface area contributed by atoms with Crippen LogP contribution < -0.4 is 16.2 Å². The van der Waals surface area contributed by atoms with Crippen molar-refractivity contribution < 1.29 is 9.90 Å². The summed E-state index contributed by atoms with van der Waals surface area (Å²) >= 11 is 0. The molecule has 4 N–H and O–H groups in total. The molecule has 1 aromatic carbocycles. The lowest BCUT2D eigenvalue weighted by atomic mass is 9.92. The normalized spacial score (nSPS) is 26.5. The summed E-state index contributed by atoms with van der Waals surface area (Å²) in [5, 5.41) is 12.8. The van der Waals surface area contributed by atoms with Gasteiger partial charge in [-0.3, -0.25) is 15.6 Å². The van der Waals surface area contributed by atoms with Crippen molar-refractivity contribution in [2.45, 2.75) is 44.9 Å². The number of rotatable bonds is 6. The minimum Gasteiger partial charge on any atom is -0.378 e. The molecule has 116 valence electrons. The fourth-order valence-corrected chi connectivity index (χ4v) is 2.84. The summed E-state index contributed by atoms with van der Waals surface area (Å²) in [6.07, 6.45) is 0.874. The van der Waals surface area contributed by atoms with E-state index in [0.29, 0.717) is 30.1 Å². The minimum atomic E-state index is -1.08. The van der Waals surface area contributed by atoms with E-state index >= 15 is 0 Å². The van der Waals surface area contributed by atoms with Gasteiger partial charge < -0.3 is 10.4 Å². The second-order valence-corrected chi connectivity index (χ2v) is 5.78. The smallest absolute Gasteiger partial charge is 0.253 e. The zero-order valence-corrected chi connectivity index (χ0v) is 12.7. The zero-order chi connectivity index (χ0) is 15.2. The summed E-state index contributed by atoms with van der Waals surface area (Å²) in [7, 11) is 0. The van der Waals surface area contributed by atoms with Crippen molar-refractivity contribution in [1.29, 1.82) is 0 Å². The van der Waals surface area contributed by atoms with Crippen LogP contribution in [0.15, 0.2) is 30.3 Å². The molecular formula is C16H25N3O2. The maximum Gasteiger partial charge on any atom is 0.253 e. The van der Waals surface area contributed by atoms with E-state index in [1.54, 1.807) is 12.1 Å². The van der Waals surface area contributed by atoms with Crippen LogP contribution in [0.1, 0.15) is 38.4 Å². The fourth-order valence-electron chi connectivity index (χ4n) is 2.84. The highest BCUT2D eigenvalue weighted by Gasteiger charge is 2.28. The van der Waals surface area contributed by atoms with Gasteiger partial charge in [-0.15, -0.1) is 0 Å². The maximum atomic E-state index is 11.9. The Labute approximate surface area is 126 Å². The predicted octanol–water partition coefficient (Wildman–Crippen LogP) is 1.12. The third-order valence-electron chi connectivity index (χ3n) is 4.20. The van der Waals surface area contributed by atoms with Crippen LogP contribution in [0, 0.1) is 5.92 Å². The van der Waals surface area contributed by atoms with Crippen LogP contribution in [0.2, 0.25) is 0 Å². The molecule has 0 aromatic heterocycles. The third kappa shape index (κ3) is 4.27. The number of hydrazine groups is 1. The molecule has 1 aliphatic rings. The van der Waals surface area contributed by atoms with E-state index in [-0.39, 0.29) is 5.91 Å². The summed E-state index contributed by atoms with van der Waals surface area (Å²) in [4.78, 5) is 11.9. The molecule has 2 unspecified atom stereocenters. The Bertz CT molecular complexity index is 442. The van der Waals surface area contributed by atoms with Gasteiger partial charge in [-0.25, -0.2) is 0 Å². The van der Waals surface area contributed by atoms with Gasteiger partial charge in [0.05, 0.1) is 0 Å². The van der Waals surface area contributed by atoms with E-state index in [1.165, 1.54) is 0 Å². The highest BCUT2D eigenvalue weighted by atomic mass is 16.3. The van der Waals surface area contributed by atoms with E-state index in [2.05, 4.69) is 30.0 Å². The number of hydrogen-bond acceptors (Lipinski definition) is 4. The Morgan fingerprint density at radius 2 is 1.86 bits per heavy atom. The van der Waals surface area contributed by atoms with Gasteiger partial charge >= 0.3 is 0 Å². The molecule has 0 radical (unpaired) electrons. The van der Waals surface area contributed by atoms with Crippen LogP contribution in [0.3, 0.4) is 0 Å². The molecule has 0 saturated carbocycles. The zero-order valence-electron chi connectivity index (χ0n) is 12.7. The van der Waals surface area contributed by atoms with Crippen molar-refractivity contribution in [3.05, 3.63) is 35.9 Å². The molecule has 21 heavy (non-hydrogen) atoms. The number of nitrogens with one attached hydrogen (secondary N) is 3. The molecule has 1 aliphatic heterocycles. The number of hydrogen-bond donors (Lipinski definition) is 4. The van der Waals surface area contributed by atoms with Crippen molar-refractivity contribution in [3.63, 3.8) is 0 Å². The molecular weight excluding hydrogens is 266 g/mol. The third-order valence-corrected chi connectivity index (χ3v) is 4.20. The molecule has 5 nitrogen and oxygen atoms in total. The van der Waals surface area contributed by atoms with Gasteiger partial charge in [0.15, 0.2) is 6.10 Å². The number of carbonyl (C=O) groups is 1. The van der Waals surface area contributed by atoms with E-state index in [1.807, 2.05) is 18.2 Å². The monoisotopic (exact) mass is 291 g/mol. The number of carbonyl (C=O) groups excluding carboxylic acids is 1. The SMILES string of the molecule is CC1NNC(C)C1CCCNC(=O)[C@H](O)c1ccccc1. The Hall–Kier alpha value is -1.43. The molecule has 1 aromatic rings. The second kappa shape index (κ2) is 7.54. The van der Waals surface area contributed by atoms with Gasteiger partial charge in [-0.05, 0) is 38.2 Å². The number of amides is 1. The fraction of sp³-hybridized carbons (Fsp3) is 0.562. The first kappa shape index (κ1) is 15.9. The van der Waals surface area contributed by atoms with Crippen molar-refractivity contribution in [2.75, 3.05) is 6.54 Å². The maximum absolute atomic E-state index is 11.9. The quantitative estimate of drug-likeness (QED) is 0.593. The van der Waals surface area contributed by atoms with Gasteiger partial charge in [0, 0.05) is 18.6 Å². The van der Waals surface area contributed by atoms with Gasteiger partial charge in [0.25, 0.3) is 5.91 Å². The van der Waals surface area contributed by atoms with Crippen molar-refractivity contribution in [1.82, 2.24) is 16.2 Å². The molecule has 2 rings (SSSR count). The highest BCUT2D eigenvalue weighted by molar-refractivity contribution is 5.81. The summed E-state index contributed by atoms with van der Waals surface area (Å²) < 4.78 is 0. The van der Waals surface area contributed by atoms with E-state index in [4.69, 9.17) is 0 Å². The Kier molecular flexibility index (Phi) is 5.73. The van der Waals surface area contributed by atoms with E-state index in [0.717, 1.165) is 12.8 Å². The summed E-state index contributed by atoms with van der Waals surface area (Å²) in [5.74, 6) is 0.242. The van der Waals surface area contributed by atoms with E-state index in [9.17, 15) is 9.90 Å². The summed E-state index contributed by atoms with van der Waals surface area (Å²) in [6, 6.07) is 9.90. The average molecular weight is 291 g/mol. The minimum absolute atomic E-state index is 0.329. The van der Waals surface area contributed by atoms with Crippen LogP contribution >= 0.6 is 0 Å². The molecule has 3 atom stereocenters. The Balaban J connectivity index is 1.70. The van der Waals surface area contributed by atoms with Gasteiger partial charge in [0.1, 0.15) is 0 Å². The molecule has 1 heterocycles. The first-order valence-corrected chi connectivity index (χ1v) is 7.61. The predicted molar refractivity (Wildman–Crippen MR) is 82.3 cm³/mol. The van der Waals surface area contributed by atoms with E-state index < -0.39 is 6.10 Å². The second-order valence-electron chi connectivity index (χ2n) is 5.78. The Morgan fingerprint density at radius 1 is 1.24 bits per heavy atom. The van der Waals surface area contributed by atoms with Crippen LogP contribution in [0.5, 0.6) is 0 Å². The van der Waals surface area contributed by atoms with Gasteiger partial charge in [-0.1, -0.05) is 30.3 Å². The van der Waals surface area contributed by atoms with Crippen LogP contribution in [0.4, 0.5) is 0 Å². The number of benzene rings is 1. The molecule has 1 amide bonds. The molecule has 1 saturated heterocycles. The lowest BCUT2D eigenvalue weighted by Gasteiger charge is -2.18. The number of aliphatic hydroxyl groups excluding tert-OH is 1. The summed E-state index contributed by atoms with van der Waals surface area (Å²) in [6.45, 7) is 4.93. The highest BCUT2D eigenvalue weighted by Crippen LogP contribution is 2.19. The standard InChI is InChI=1S/C16H25N3O2/c1-11-14(12(2)19-18-11)9-6-10-17-16(21)15(20)13-7-4-3-5-8-13/h3-5,7-8,11-12,14-15,18-20H,6,9-10H2,1-2H3,(H,17,21)/t11?,12?,14?,15-/m1/s1. The van der Waals surface area contributed by atoms with Crippen LogP contribution in [0.25, 0.3) is 0 Å². The Morgan fingerprint density at radius 3 is 2.48 bits per heavy atom. The molecule has 0 bridgehead atoms. The van der Waals surface area contributed by atoms with Crippen molar-refractivity contribution in [3.8, 4) is 0 Å². The first-order valence-electron chi connectivity index (χ1n) is 7.61. The van der Waals surface area contributed by atoms with Gasteiger partial charge in [-0.2, -0.15) is 0 Å². The van der Waals surface area contributed by atoms with Crippen LogP contribution in [-0.4, -0.2) is 29.6 Å². The van der Waals surface area contributed by atoms with Gasteiger partial charge in [0.2, 0.25) is 0 Å². The van der Waals surface area contributed by atoms with Crippen LogP contribution in [-0.2, 0) is 4.79 Å².